The predicted molar refractivity (Wildman–Crippen MR) is 106 cm³/mol. The molecule has 3 aromatic rings. The summed E-state index contributed by atoms with van der Waals surface area (Å²) in [4.78, 5) is 18.6. The van der Waals surface area contributed by atoms with E-state index in [0.717, 1.165) is 49.2 Å². The van der Waals surface area contributed by atoms with Crippen LogP contribution in [0.15, 0.2) is 72.1 Å². The second-order valence-electron chi connectivity index (χ2n) is 6.96. The van der Waals surface area contributed by atoms with Crippen LogP contribution in [0.5, 0.6) is 0 Å². The first-order valence-corrected chi connectivity index (χ1v) is 9.33. The fourth-order valence-electron chi connectivity index (χ4n) is 3.90. The number of allylic oxidation sites excluding steroid dienone is 2. The highest BCUT2D eigenvalue weighted by Crippen LogP contribution is 2.26. The molecule has 3 nitrogen and oxygen atoms in total. The smallest absolute Gasteiger partial charge is 0.190 e. The van der Waals surface area contributed by atoms with E-state index in [0.29, 0.717) is 0 Å². The molecule has 0 saturated carbocycles. The van der Waals surface area contributed by atoms with Crippen molar-refractivity contribution in [1.29, 1.82) is 0 Å². The van der Waals surface area contributed by atoms with Crippen molar-refractivity contribution in [2.75, 3.05) is 13.1 Å². The lowest BCUT2D eigenvalue weighted by Gasteiger charge is -2.32. The van der Waals surface area contributed by atoms with Gasteiger partial charge in [-0.2, -0.15) is 0 Å². The molecule has 1 N–H and O–H groups in total. The third-order valence-corrected chi connectivity index (χ3v) is 5.40. The van der Waals surface area contributed by atoms with Crippen molar-refractivity contribution in [2.24, 2.45) is 0 Å². The van der Waals surface area contributed by atoms with E-state index in [4.69, 9.17) is 0 Å². The maximum absolute atomic E-state index is 12.9. The number of Topliss-reactive ketones (excluding diaryl/α,β-unsaturated/α-hetero) is 1. The van der Waals surface area contributed by atoms with Crippen LogP contribution in [0.3, 0.4) is 0 Å². The molecule has 2 aromatic carbocycles. The van der Waals surface area contributed by atoms with Crippen molar-refractivity contribution in [2.45, 2.75) is 26.2 Å². The molecular formula is C23H24N2O. The molecule has 1 aromatic heterocycles. The number of carbonyl (C=O) groups is 1. The number of ketones is 1. The number of fused-ring (bicyclic) bond motifs is 1. The Morgan fingerprint density at radius 1 is 1.08 bits per heavy atom. The Labute approximate surface area is 154 Å². The van der Waals surface area contributed by atoms with E-state index in [-0.39, 0.29) is 5.78 Å². The maximum atomic E-state index is 12.9. The highest BCUT2D eigenvalue weighted by molar-refractivity contribution is 6.09. The average Bonchev–Trinajstić information content (AvgIpc) is 3.10. The Balaban J connectivity index is 1.52. The molecule has 0 bridgehead atoms. The van der Waals surface area contributed by atoms with E-state index in [2.05, 4.69) is 47.3 Å². The van der Waals surface area contributed by atoms with Crippen molar-refractivity contribution in [3.05, 3.63) is 83.2 Å². The Hall–Kier alpha value is -2.81. The minimum Gasteiger partial charge on any atom is -0.374 e. The number of nitrogens with one attached hydrogen (secondary N) is 1. The Bertz CT molecular complexity index is 953. The second-order valence-corrected chi connectivity index (χ2v) is 6.96. The third-order valence-electron chi connectivity index (χ3n) is 5.40. The van der Waals surface area contributed by atoms with Crippen LogP contribution in [-0.2, 0) is 6.42 Å². The number of nitrogens with zero attached hydrogens (tertiary/aromatic N) is 1. The van der Waals surface area contributed by atoms with Crippen molar-refractivity contribution in [1.82, 2.24) is 9.88 Å². The van der Waals surface area contributed by atoms with Gasteiger partial charge in [0.2, 0.25) is 0 Å². The van der Waals surface area contributed by atoms with Crippen molar-refractivity contribution in [3.63, 3.8) is 0 Å². The molecule has 0 spiro atoms. The number of aromatic amines is 1. The number of hydrogen-bond donors (Lipinski definition) is 1. The minimum atomic E-state index is 0.180. The number of aromatic nitrogens is 1. The first kappa shape index (κ1) is 16.6. The summed E-state index contributed by atoms with van der Waals surface area (Å²) >= 11 is 0. The Morgan fingerprint density at radius 2 is 1.85 bits per heavy atom. The van der Waals surface area contributed by atoms with Crippen LogP contribution in [0.25, 0.3) is 10.9 Å². The Morgan fingerprint density at radius 3 is 2.69 bits per heavy atom. The highest BCUT2D eigenvalue weighted by atomic mass is 16.1. The standard InChI is InChI=1S/C23H24N2O/c1-17-20(23(26)18-8-3-2-4-9-18)11-7-14-25(17)15-13-19-16-24-22-12-6-5-10-21(19)22/h2-6,8-10,12,16,24H,7,11,13-15H2,1H3. The number of benzene rings is 2. The van der Waals surface area contributed by atoms with Gasteiger partial charge in [0.25, 0.3) is 0 Å². The number of para-hydroxylation sites is 1. The minimum absolute atomic E-state index is 0.180. The summed E-state index contributed by atoms with van der Waals surface area (Å²) in [6.07, 6.45) is 5.01. The summed E-state index contributed by atoms with van der Waals surface area (Å²) in [6.45, 7) is 4.07. The molecular weight excluding hydrogens is 320 g/mol. The van der Waals surface area contributed by atoms with Gasteiger partial charge < -0.3 is 9.88 Å². The monoisotopic (exact) mass is 344 g/mol. The zero-order valence-corrected chi connectivity index (χ0v) is 15.2. The van der Waals surface area contributed by atoms with E-state index in [9.17, 15) is 4.79 Å². The topological polar surface area (TPSA) is 36.1 Å². The average molecular weight is 344 g/mol. The zero-order valence-electron chi connectivity index (χ0n) is 15.2. The van der Waals surface area contributed by atoms with Crippen molar-refractivity contribution >= 4 is 16.7 Å². The molecule has 0 aliphatic carbocycles. The zero-order chi connectivity index (χ0) is 17.9. The van der Waals surface area contributed by atoms with Crippen LogP contribution in [0.4, 0.5) is 0 Å². The molecule has 4 rings (SSSR count). The predicted octanol–water partition coefficient (Wildman–Crippen LogP) is 4.96. The Kier molecular flexibility index (Phi) is 4.61. The van der Waals surface area contributed by atoms with Gasteiger partial charge in [-0.15, -0.1) is 0 Å². The quantitative estimate of drug-likeness (QED) is 0.664. The lowest BCUT2D eigenvalue weighted by atomic mass is 9.94. The molecule has 0 fully saturated rings. The van der Waals surface area contributed by atoms with Gasteiger partial charge >= 0.3 is 0 Å². The summed E-state index contributed by atoms with van der Waals surface area (Å²) in [7, 11) is 0. The van der Waals surface area contributed by atoms with E-state index < -0.39 is 0 Å². The fourth-order valence-corrected chi connectivity index (χ4v) is 3.90. The summed E-state index contributed by atoms with van der Waals surface area (Å²) in [5.74, 6) is 0.180. The lowest BCUT2D eigenvalue weighted by Crippen LogP contribution is -2.31. The first-order valence-electron chi connectivity index (χ1n) is 9.33. The van der Waals surface area contributed by atoms with Gasteiger partial charge in [0.15, 0.2) is 5.78 Å². The molecule has 0 radical (unpaired) electrons. The number of carbonyl (C=O) groups excluding carboxylic acids is 1. The second kappa shape index (κ2) is 7.20. The van der Waals surface area contributed by atoms with Crippen molar-refractivity contribution in [3.8, 4) is 0 Å². The molecule has 0 atom stereocenters. The van der Waals surface area contributed by atoms with E-state index >= 15 is 0 Å². The maximum Gasteiger partial charge on any atom is 0.190 e. The van der Waals surface area contributed by atoms with Crippen LogP contribution >= 0.6 is 0 Å². The number of H-pyrrole nitrogens is 1. The molecule has 3 heteroatoms. The number of hydrogen-bond acceptors (Lipinski definition) is 2. The number of rotatable bonds is 5. The van der Waals surface area contributed by atoms with Crippen LogP contribution in [0.2, 0.25) is 0 Å². The molecule has 1 aliphatic heterocycles. The summed E-state index contributed by atoms with van der Waals surface area (Å²) in [5, 5.41) is 1.30. The summed E-state index contributed by atoms with van der Waals surface area (Å²) < 4.78 is 0. The summed E-state index contributed by atoms with van der Waals surface area (Å²) in [5.41, 5.74) is 5.44. The lowest BCUT2D eigenvalue weighted by molar-refractivity contribution is 0.102. The molecule has 0 amide bonds. The molecule has 26 heavy (non-hydrogen) atoms. The molecule has 1 aliphatic rings. The third kappa shape index (κ3) is 3.17. The van der Waals surface area contributed by atoms with Gasteiger partial charge in [0.1, 0.15) is 0 Å². The fraction of sp³-hybridized carbons (Fsp3) is 0.261. The van der Waals surface area contributed by atoms with Crippen LogP contribution in [-0.4, -0.2) is 28.8 Å². The van der Waals surface area contributed by atoms with E-state index in [1.807, 2.05) is 30.3 Å². The van der Waals surface area contributed by atoms with Crippen LogP contribution in [0.1, 0.15) is 35.7 Å². The normalized spacial score (nSPS) is 14.9. The van der Waals surface area contributed by atoms with Crippen LogP contribution in [0, 0.1) is 0 Å². The van der Waals surface area contributed by atoms with Gasteiger partial charge in [-0.3, -0.25) is 4.79 Å². The molecule has 0 saturated heterocycles. The first-order chi connectivity index (χ1) is 12.7. The highest BCUT2D eigenvalue weighted by Gasteiger charge is 2.22. The molecule has 0 unspecified atom stereocenters. The van der Waals surface area contributed by atoms with Gasteiger partial charge in [-0.25, -0.2) is 0 Å². The largest absolute Gasteiger partial charge is 0.374 e. The van der Waals surface area contributed by atoms with E-state index in [1.165, 1.54) is 16.5 Å². The van der Waals surface area contributed by atoms with Crippen molar-refractivity contribution < 1.29 is 4.79 Å². The van der Waals surface area contributed by atoms with Gasteiger partial charge in [-0.1, -0.05) is 48.5 Å². The van der Waals surface area contributed by atoms with Gasteiger partial charge in [-0.05, 0) is 37.8 Å². The van der Waals surface area contributed by atoms with Crippen LogP contribution < -0.4 is 0 Å². The molecule has 132 valence electrons. The van der Waals surface area contributed by atoms with E-state index in [1.54, 1.807) is 0 Å². The van der Waals surface area contributed by atoms with Gasteiger partial charge in [0, 0.05) is 47.0 Å². The SMILES string of the molecule is CC1=C(C(=O)c2ccccc2)CCCN1CCc1c[nH]c2ccccc12. The molecule has 2 heterocycles. The summed E-state index contributed by atoms with van der Waals surface area (Å²) in [6, 6.07) is 18.1. The van der Waals surface area contributed by atoms with Gasteiger partial charge in [0.05, 0.1) is 0 Å².